The van der Waals surface area contributed by atoms with Crippen molar-refractivity contribution in [2.45, 2.75) is 32.7 Å². The Balaban J connectivity index is 2.11. The molecule has 2 nitrogen and oxygen atoms in total. The zero-order valence-electron chi connectivity index (χ0n) is 11.9. The van der Waals surface area contributed by atoms with E-state index in [4.69, 9.17) is 22.1 Å². The Morgan fingerprint density at radius 1 is 1.15 bits per heavy atom. The third-order valence-corrected chi connectivity index (χ3v) is 3.56. The Kier molecular flexibility index (Phi) is 5.05. The summed E-state index contributed by atoms with van der Waals surface area (Å²) in [7, 11) is 0. The second kappa shape index (κ2) is 6.78. The van der Waals surface area contributed by atoms with Gasteiger partial charge in [0.15, 0.2) is 0 Å². The molecule has 0 heterocycles. The summed E-state index contributed by atoms with van der Waals surface area (Å²) in [6, 6.07) is 13.8. The number of benzene rings is 2. The quantitative estimate of drug-likeness (QED) is 0.864. The molecule has 0 aliphatic carbocycles. The van der Waals surface area contributed by atoms with E-state index < -0.39 is 0 Å². The summed E-state index contributed by atoms with van der Waals surface area (Å²) in [5, 5.41) is 0.706. The second-order valence-electron chi connectivity index (χ2n) is 5.03. The van der Waals surface area contributed by atoms with Gasteiger partial charge in [-0.1, -0.05) is 30.7 Å². The monoisotopic (exact) mass is 289 g/mol. The lowest BCUT2D eigenvalue weighted by molar-refractivity contribution is 0.478. The van der Waals surface area contributed by atoms with E-state index in [0.29, 0.717) is 5.02 Å². The first kappa shape index (κ1) is 14.9. The van der Waals surface area contributed by atoms with E-state index >= 15 is 0 Å². The topological polar surface area (TPSA) is 35.2 Å². The first-order chi connectivity index (χ1) is 9.58. The summed E-state index contributed by atoms with van der Waals surface area (Å²) in [6.45, 7) is 4.15. The van der Waals surface area contributed by atoms with Gasteiger partial charge in [-0.2, -0.15) is 0 Å². The SMILES string of the molecule is CCC(N)Cc1ccc(Oc2ccc(Cl)cc2)c(C)c1. The fraction of sp³-hybridized carbons (Fsp3) is 0.294. The molecular weight excluding hydrogens is 270 g/mol. The Labute approximate surface area is 125 Å². The highest BCUT2D eigenvalue weighted by atomic mass is 35.5. The molecule has 1 atom stereocenters. The molecule has 2 aromatic rings. The Bertz CT molecular complexity index is 566. The molecule has 2 aromatic carbocycles. The Hall–Kier alpha value is -1.51. The van der Waals surface area contributed by atoms with Gasteiger partial charge in [-0.15, -0.1) is 0 Å². The lowest BCUT2D eigenvalue weighted by Crippen LogP contribution is -2.21. The van der Waals surface area contributed by atoms with Crippen molar-refractivity contribution in [3.63, 3.8) is 0 Å². The van der Waals surface area contributed by atoms with Crippen LogP contribution in [0.25, 0.3) is 0 Å². The summed E-state index contributed by atoms with van der Waals surface area (Å²) in [4.78, 5) is 0. The molecule has 0 fully saturated rings. The number of hydrogen-bond acceptors (Lipinski definition) is 2. The van der Waals surface area contributed by atoms with Crippen LogP contribution in [0.1, 0.15) is 24.5 Å². The minimum Gasteiger partial charge on any atom is -0.457 e. The maximum Gasteiger partial charge on any atom is 0.130 e. The summed E-state index contributed by atoms with van der Waals surface area (Å²) in [6.07, 6.45) is 1.89. The lowest BCUT2D eigenvalue weighted by Gasteiger charge is -2.12. The van der Waals surface area contributed by atoms with E-state index in [-0.39, 0.29) is 6.04 Å². The normalized spacial score (nSPS) is 12.2. The molecule has 0 aromatic heterocycles. The van der Waals surface area contributed by atoms with E-state index in [0.717, 1.165) is 29.9 Å². The first-order valence-electron chi connectivity index (χ1n) is 6.87. The molecule has 0 aliphatic heterocycles. The molecule has 0 aliphatic rings. The molecule has 0 spiro atoms. The van der Waals surface area contributed by atoms with E-state index in [1.165, 1.54) is 5.56 Å². The summed E-state index contributed by atoms with van der Waals surface area (Å²) >= 11 is 5.86. The fourth-order valence-electron chi connectivity index (χ4n) is 2.03. The van der Waals surface area contributed by atoms with E-state index in [2.05, 4.69) is 19.1 Å². The van der Waals surface area contributed by atoms with Gasteiger partial charge in [0.25, 0.3) is 0 Å². The predicted octanol–water partition coefficient (Wildman–Crippen LogP) is 4.72. The van der Waals surface area contributed by atoms with Gasteiger partial charge in [0.05, 0.1) is 0 Å². The smallest absolute Gasteiger partial charge is 0.130 e. The predicted molar refractivity (Wildman–Crippen MR) is 84.7 cm³/mol. The minimum absolute atomic E-state index is 0.220. The van der Waals surface area contributed by atoms with Gasteiger partial charge in [-0.3, -0.25) is 0 Å². The third kappa shape index (κ3) is 3.99. The standard InChI is InChI=1S/C17H20ClNO/c1-3-15(19)11-13-4-9-17(12(2)10-13)20-16-7-5-14(18)6-8-16/h4-10,15H,3,11,19H2,1-2H3. The summed E-state index contributed by atoms with van der Waals surface area (Å²) in [5.41, 5.74) is 8.35. The first-order valence-corrected chi connectivity index (χ1v) is 7.25. The van der Waals surface area contributed by atoms with Crippen molar-refractivity contribution >= 4 is 11.6 Å². The number of nitrogens with two attached hydrogens (primary N) is 1. The van der Waals surface area contributed by atoms with Crippen molar-refractivity contribution in [1.82, 2.24) is 0 Å². The maximum absolute atomic E-state index is 5.99. The van der Waals surface area contributed by atoms with E-state index in [1.807, 2.05) is 37.3 Å². The van der Waals surface area contributed by atoms with Crippen LogP contribution in [-0.2, 0) is 6.42 Å². The zero-order chi connectivity index (χ0) is 14.5. The van der Waals surface area contributed by atoms with Crippen molar-refractivity contribution < 1.29 is 4.74 Å². The number of rotatable bonds is 5. The number of hydrogen-bond donors (Lipinski definition) is 1. The highest BCUT2D eigenvalue weighted by Crippen LogP contribution is 2.27. The Morgan fingerprint density at radius 3 is 2.45 bits per heavy atom. The summed E-state index contributed by atoms with van der Waals surface area (Å²) in [5.74, 6) is 1.65. The van der Waals surface area contributed by atoms with Gasteiger partial charge in [0, 0.05) is 11.1 Å². The van der Waals surface area contributed by atoms with Crippen LogP contribution in [0.4, 0.5) is 0 Å². The van der Waals surface area contributed by atoms with Crippen LogP contribution in [0.3, 0.4) is 0 Å². The molecule has 0 radical (unpaired) electrons. The highest BCUT2D eigenvalue weighted by Gasteiger charge is 2.06. The van der Waals surface area contributed by atoms with Gasteiger partial charge >= 0.3 is 0 Å². The van der Waals surface area contributed by atoms with Gasteiger partial charge in [-0.25, -0.2) is 0 Å². The molecule has 20 heavy (non-hydrogen) atoms. The van der Waals surface area contributed by atoms with Crippen molar-refractivity contribution in [3.05, 3.63) is 58.6 Å². The van der Waals surface area contributed by atoms with Crippen LogP contribution < -0.4 is 10.5 Å². The third-order valence-electron chi connectivity index (χ3n) is 3.30. The maximum atomic E-state index is 5.99. The van der Waals surface area contributed by atoms with Crippen LogP contribution >= 0.6 is 11.6 Å². The molecule has 2 rings (SSSR count). The van der Waals surface area contributed by atoms with Gasteiger partial charge in [-0.05, 0) is 61.2 Å². The second-order valence-corrected chi connectivity index (χ2v) is 5.46. The van der Waals surface area contributed by atoms with Crippen molar-refractivity contribution in [1.29, 1.82) is 0 Å². The molecule has 1 unspecified atom stereocenters. The largest absolute Gasteiger partial charge is 0.457 e. The molecule has 2 N–H and O–H groups in total. The number of aryl methyl sites for hydroxylation is 1. The molecular formula is C17H20ClNO. The van der Waals surface area contributed by atoms with Crippen molar-refractivity contribution in [2.24, 2.45) is 5.73 Å². The van der Waals surface area contributed by atoms with Crippen LogP contribution in [0, 0.1) is 6.92 Å². The van der Waals surface area contributed by atoms with Crippen LogP contribution in [0.2, 0.25) is 5.02 Å². The summed E-state index contributed by atoms with van der Waals surface area (Å²) < 4.78 is 5.86. The molecule has 0 saturated heterocycles. The van der Waals surface area contributed by atoms with Gasteiger partial charge in [0.1, 0.15) is 11.5 Å². The van der Waals surface area contributed by atoms with Crippen LogP contribution in [0.5, 0.6) is 11.5 Å². The van der Waals surface area contributed by atoms with Crippen LogP contribution in [-0.4, -0.2) is 6.04 Å². The molecule has 106 valence electrons. The highest BCUT2D eigenvalue weighted by molar-refractivity contribution is 6.30. The fourth-order valence-corrected chi connectivity index (χ4v) is 2.16. The number of ether oxygens (including phenoxy) is 1. The van der Waals surface area contributed by atoms with Crippen molar-refractivity contribution in [2.75, 3.05) is 0 Å². The van der Waals surface area contributed by atoms with Crippen LogP contribution in [0.15, 0.2) is 42.5 Å². The molecule has 0 bridgehead atoms. The van der Waals surface area contributed by atoms with E-state index in [9.17, 15) is 0 Å². The molecule has 0 amide bonds. The van der Waals surface area contributed by atoms with Crippen molar-refractivity contribution in [3.8, 4) is 11.5 Å². The molecule has 0 saturated carbocycles. The minimum atomic E-state index is 0.220. The van der Waals surface area contributed by atoms with E-state index in [1.54, 1.807) is 0 Å². The average Bonchev–Trinajstić information content (AvgIpc) is 2.44. The Morgan fingerprint density at radius 2 is 1.85 bits per heavy atom. The zero-order valence-corrected chi connectivity index (χ0v) is 12.7. The number of halogens is 1. The van der Waals surface area contributed by atoms with Gasteiger partial charge in [0.2, 0.25) is 0 Å². The van der Waals surface area contributed by atoms with Gasteiger partial charge < -0.3 is 10.5 Å². The lowest BCUT2D eigenvalue weighted by atomic mass is 10.0. The molecule has 3 heteroatoms. The average molecular weight is 290 g/mol.